The molecule has 0 saturated heterocycles. The minimum Gasteiger partial charge on any atom is -1.00 e. The van der Waals surface area contributed by atoms with Crippen molar-refractivity contribution in [3.63, 3.8) is 0 Å². The summed E-state index contributed by atoms with van der Waals surface area (Å²) in [5.41, 5.74) is 0. The summed E-state index contributed by atoms with van der Waals surface area (Å²) in [6, 6.07) is 0. The van der Waals surface area contributed by atoms with Gasteiger partial charge in [0.15, 0.2) is 0 Å². The average molecular weight is 330 g/mol. The Labute approximate surface area is 87.3 Å². The number of rotatable bonds is 0. The quantitative estimate of drug-likeness (QED) is 0.327. The molecule has 52 valence electrons. The first-order chi connectivity index (χ1) is 2.00. The summed E-state index contributed by atoms with van der Waals surface area (Å²) in [5, 5.41) is 0. The standard InChI is InChI=1S/Ag.ClH.H3O4P.Zr/c;;1-5(2,3)4;/h;1H;(H3,1,2,3,4);/q+1;;;+2/p-4. The van der Waals surface area contributed by atoms with Crippen LogP contribution in [0.4, 0.5) is 0 Å². The van der Waals surface area contributed by atoms with Crippen LogP contribution >= 0.6 is 7.82 Å². The van der Waals surface area contributed by atoms with Crippen molar-refractivity contribution in [2.45, 2.75) is 0 Å². The van der Waals surface area contributed by atoms with E-state index in [-0.39, 0.29) is 61.0 Å². The van der Waals surface area contributed by atoms with Crippen LogP contribution in [0.1, 0.15) is 0 Å². The van der Waals surface area contributed by atoms with Crippen LogP contribution in [-0.4, -0.2) is 0 Å². The van der Waals surface area contributed by atoms with Gasteiger partial charge in [-0.15, -0.1) is 0 Å². The molecule has 8 heavy (non-hydrogen) atoms. The summed E-state index contributed by atoms with van der Waals surface area (Å²) in [7, 11) is -5.39. The van der Waals surface area contributed by atoms with Gasteiger partial charge in [0.2, 0.25) is 0 Å². The van der Waals surface area contributed by atoms with E-state index in [1.807, 2.05) is 0 Å². The zero-order chi connectivity index (χ0) is 4.50. The molecule has 0 aliphatic rings. The predicted octanol–water partition coefficient (Wildman–Crippen LogP) is -5.83. The largest absolute Gasteiger partial charge is 2.00 e. The smallest absolute Gasteiger partial charge is 1.00 e. The molecule has 0 aliphatic carbocycles. The molecule has 0 saturated carbocycles. The van der Waals surface area contributed by atoms with E-state index in [2.05, 4.69) is 0 Å². The normalized spacial score (nSPS) is 7.38. The molecule has 0 bridgehead atoms. The zero-order valence-electron chi connectivity index (χ0n) is 3.26. The molecule has 0 aromatic rings. The summed E-state index contributed by atoms with van der Waals surface area (Å²) in [4.78, 5) is 25.6. The number of hydrogen-bond donors (Lipinski definition) is 0. The van der Waals surface area contributed by atoms with E-state index in [0.717, 1.165) is 0 Å². The van der Waals surface area contributed by atoms with Crippen LogP contribution in [0.25, 0.3) is 0 Å². The second-order valence-electron chi connectivity index (χ2n) is 0.447. The fourth-order valence-electron chi connectivity index (χ4n) is 0. The maximum Gasteiger partial charge on any atom is 2.00 e. The van der Waals surface area contributed by atoms with Crippen molar-refractivity contribution in [2.75, 3.05) is 0 Å². The van der Waals surface area contributed by atoms with E-state index < -0.39 is 7.82 Å². The summed E-state index contributed by atoms with van der Waals surface area (Å²) in [5.74, 6) is 0. The third-order valence-electron chi connectivity index (χ3n) is 0. The van der Waals surface area contributed by atoms with Gasteiger partial charge in [-0.1, -0.05) is 0 Å². The molecule has 0 heterocycles. The molecular weight excluding hydrogens is 330 g/mol. The van der Waals surface area contributed by atoms with E-state index in [1.54, 1.807) is 0 Å². The van der Waals surface area contributed by atoms with Crippen LogP contribution in [0, 0.1) is 0 Å². The van der Waals surface area contributed by atoms with E-state index in [9.17, 15) is 0 Å². The minimum absolute atomic E-state index is 0. The van der Waals surface area contributed by atoms with Crippen LogP contribution in [0.3, 0.4) is 0 Å². The Kier molecular flexibility index (Phi) is 25.4. The summed E-state index contributed by atoms with van der Waals surface area (Å²) in [6.07, 6.45) is 0. The van der Waals surface area contributed by atoms with Crippen molar-refractivity contribution >= 4 is 7.82 Å². The van der Waals surface area contributed by atoms with Gasteiger partial charge in [-0.05, 0) is 0 Å². The Balaban J connectivity index is -0.0000000267. The molecule has 4 nitrogen and oxygen atoms in total. The van der Waals surface area contributed by atoms with Crippen LogP contribution in [-0.2, 0) is 53.1 Å². The Morgan fingerprint density at radius 1 is 1.12 bits per heavy atom. The van der Waals surface area contributed by atoms with E-state index in [0.29, 0.717) is 0 Å². The maximum absolute atomic E-state index is 8.55. The second kappa shape index (κ2) is 9.02. The van der Waals surface area contributed by atoms with Gasteiger partial charge in [0.05, 0.1) is 0 Å². The molecule has 0 aromatic carbocycles. The first kappa shape index (κ1) is 22.5. The molecule has 0 N–H and O–H groups in total. The first-order valence-electron chi connectivity index (χ1n) is 0.730. The van der Waals surface area contributed by atoms with Gasteiger partial charge >= 0.3 is 48.6 Å². The van der Waals surface area contributed by atoms with Crippen molar-refractivity contribution in [1.82, 2.24) is 0 Å². The van der Waals surface area contributed by atoms with Gasteiger partial charge < -0.3 is 31.7 Å². The van der Waals surface area contributed by atoms with Gasteiger partial charge in [0, 0.05) is 0 Å². The fourth-order valence-corrected chi connectivity index (χ4v) is 0. The van der Waals surface area contributed by atoms with Gasteiger partial charge in [0.25, 0.3) is 0 Å². The maximum atomic E-state index is 8.55. The monoisotopic (exact) mass is 327 g/mol. The molecule has 0 amide bonds. The Morgan fingerprint density at radius 2 is 1.12 bits per heavy atom. The summed E-state index contributed by atoms with van der Waals surface area (Å²) < 4.78 is 8.55. The van der Waals surface area contributed by atoms with Gasteiger partial charge in [0.1, 0.15) is 0 Å². The molecule has 0 aromatic heterocycles. The minimum atomic E-state index is -5.39. The average Bonchev–Trinajstić information content (AvgIpc) is 0.722. The molecule has 0 unspecified atom stereocenters. The van der Waals surface area contributed by atoms with Crippen LogP contribution in [0.5, 0.6) is 0 Å². The molecule has 0 spiro atoms. The topological polar surface area (TPSA) is 86.2 Å². The van der Waals surface area contributed by atoms with Gasteiger partial charge in [-0.2, -0.15) is 7.82 Å². The van der Waals surface area contributed by atoms with Crippen LogP contribution < -0.4 is 27.1 Å². The van der Waals surface area contributed by atoms with E-state index in [1.165, 1.54) is 0 Å². The van der Waals surface area contributed by atoms with Crippen molar-refractivity contribution in [1.29, 1.82) is 0 Å². The SMILES string of the molecule is O=P([O-])([O-])[O-].[Ag+].[Cl-].[Zr+2]. The van der Waals surface area contributed by atoms with E-state index >= 15 is 0 Å². The van der Waals surface area contributed by atoms with Crippen molar-refractivity contribution in [2.24, 2.45) is 0 Å². The Morgan fingerprint density at radius 3 is 1.12 bits per heavy atom. The molecule has 0 fully saturated rings. The number of hydrogen-bond acceptors (Lipinski definition) is 4. The zero-order valence-corrected chi connectivity index (χ0v) is 8.85. The fraction of sp³-hybridized carbons (Fsp3) is 0. The van der Waals surface area contributed by atoms with Crippen molar-refractivity contribution in [3.05, 3.63) is 0 Å². The second-order valence-corrected chi connectivity index (χ2v) is 1.34. The van der Waals surface area contributed by atoms with Crippen molar-refractivity contribution in [3.8, 4) is 0 Å². The van der Waals surface area contributed by atoms with Crippen LogP contribution in [0.2, 0.25) is 0 Å². The molecule has 0 radical (unpaired) electrons. The molecule has 0 atom stereocenters. The van der Waals surface area contributed by atoms with Gasteiger partial charge in [-0.3, -0.25) is 0 Å². The third kappa shape index (κ3) is 96.7. The Bertz CT molecular complexity index is 62.2. The van der Waals surface area contributed by atoms with Crippen LogP contribution in [0.15, 0.2) is 0 Å². The Hall–Kier alpha value is 2.02. The molecule has 0 rings (SSSR count). The molecular formula is AgClO4PZr-. The van der Waals surface area contributed by atoms with E-state index in [4.69, 9.17) is 19.2 Å². The first-order valence-corrected chi connectivity index (χ1v) is 2.19. The summed E-state index contributed by atoms with van der Waals surface area (Å²) >= 11 is 0. The van der Waals surface area contributed by atoms with Gasteiger partial charge in [-0.25, -0.2) is 0 Å². The molecule has 0 aliphatic heterocycles. The number of halogens is 1. The predicted molar refractivity (Wildman–Crippen MR) is 7.61 cm³/mol. The number of phosphoric acid groups is 1. The summed E-state index contributed by atoms with van der Waals surface area (Å²) in [6.45, 7) is 0. The third-order valence-corrected chi connectivity index (χ3v) is 0. The van der Waals surface area contributed by atoms with Crippen molar-refractivity contribution < 1.29 is 80.2 Å². The molecule has 8 heteroatoms.